The molecule has 0 saturated heterocycles. The van der Waals surface area contributed by atoms with Gasteiger partial charge in [-0.05, 0) is 126 Å². The van der Waals surface area contributed by atoms with E-state index in [0.717, 1.165) is 34.1 Å². The zero-order valence-corrected chi connectivity index (χ0v) is 37.9. The minimum atomic E-state index is 0.0524. The summed E-state index contributed by atoms with van der Waals surface area (Å²) in [4.78, 5) is 4.92. The molecule has 0 fully saturated rings. The molecule has 8 aromatic rings. The van der Waals surface area contributed by atoms with Gasteiger partial charge in [-0.2, -0.15) is 0 Å². The second-order valence-corrected chi connectivity index (χ2v) is 20.8. The first-order valence-corrected chi connectivity index (χ1v) is 21.7. The summed E-state index contributed by atoms with van der Waals surface area (Å²) in [7, 11) is 0. The van der Waals surface area contributed by atoms with Gasteiger partial charge in [0.2, 0.25) is 0 Å². The molecule has 0 atom stereocenters. The van der Waals surface area contributed by atoms with Crippen LogP contribution in [0, 0.1) is 0 Å². The molecule has 2 heteroatoms. The summed E-state index contributed by atoms with van der Waals surface area (Å²) in [6, 6.07) is 59.6. The average molecular weight is 787 g/mol. The molecule has 0 aliphatic carbocycles. The molecule has 304 valence electrons. The second kappa shape index (κ2) is 15.0. The van der Waals surface area contributed by atoms with Crippen LogP contribution in [-0.2, 0) is 21.7 Å². The topological polar surface area (TPSA) is 6.48 Å². The predicted octanol–water partition coefficient (Wildman–Crippen LogP) is 17.3. The molecule has 0 heterocycles. The van der Waals surface area contributed by atoms with Crippen molar-refractivity contribution in [2.45, 2.75) is 105 Å². The van der Waals surface area contributed by atoms with Crippen LogP contribution >= 0.6 is 0 Å². The fourth-order valence-corrected chi connectivity index (χ4v) is 8.61. The average Bonchev–Trinajstić information content (AvgIpc) is 3.20. The maximum Gasteiger partial charge on any atom is 0.0546 e. The van der Waals surface area contributed by atoms with Crippen molar-refractivity contribution in [1.29, 1.82) is 0 Å². The van der Waals surface area contributed by atoms with Crippen molar-refractivity contribution in [3.63, 3.8) is 0 Å². The van der Waals surface area contributed by atoms with Gasteiger partial charge in [0.05, 0.1) is 11.4 Å². The molecule has 0 aromatic heterocycles. The Balaban J connectivity index is 1.43. The molecule has 0 amide bonds. The van der Waals surface area contributed by atoms with E-state index in [1.54, 1.807) is 0 Å². The van der Waals surface area contributed by atoms with E-state index in [1.165, 1.54) is 54.6 Å². The van der Waals surface area contributed by atoms with Crippen LogP contribution in [0.4, 0.5) is 34.1 Å². The molecule has 60 heavy (non-hydrogen) atoms. The Morgan fingerprint density at radius 2 is 0.517 bits per heavy atom. The van der Waals surface area contributed by atoms with Crippen molar-refractivity contribution in [2.24, 2.45) is 0 Å². The minimum absolute atomic E-state index is 0.0524. The van der Waals surface area contributed by atoms with E-state index in [0.29, 0.717) is 0 Å². The lowest BCUT2D eigenvalue weighted by Crippen LogP contribution is -2.15. The van der Waals surface area contributed by atoms with Crippen LogP contribution in [0.25, 0.3) is 32.3 Å². The molecule has 8 aromatic carbocycles. The monoisotopic (exact) mass is 786 g/mol. The van der Waals surface area contributed by atoms with Crippen LogP contribution in [0.3, 0.4) is 0 Å². The van der Waals surface area contributed by atoms with E-state index in [4.69, 9.17) is 0 Å². The van der Waals surface area contributed by atoms with Crippen LogP contribution in [0.15, 0.2) is 158 Å². The van der Waals surface area contributed by atoms with Crippen LogP contribution < -0.4 is 9.80 Å². The number of nitrogens with zero attached hydrogens (tertiary/aromatic N) is 2. The molecule has 2 nitrogen and oxygen atoms in total. The number of anilines is 6. The number of hydrogen-bond donors (Lipinski definition) is 0. The summed E-state index contributed by atoms with van der Waals surface area (Å²) in [5.74, 6) is 0. The van der Waals surface area contributed by atoms with Gasteiger partial charge in [-0.1, -0.05) is 180 Å². The summed E-state index contributed by atoms with van der Waals surface area (Å²) < 4.78 is 0. The number of fused-ring (bicyclic) bond motifs is 5. The highest BCUT2D eigenvalue weighted by atomic mass is 15.2. The van der Waals surface area contributed by atoms with Crippen molar-refractivity contribution in [1.82, 2.24) is 0 Å². The smallest absolute Gasteiger partial charge is 0.0546 e. The van der Waals surface area contributed by atoms with Crippen molar-refractivity contribution in [3.8, 4) is 0 Å². The normalized spacial score (nSPS) is 12.7. The lowest BCUT2D eigenvalue weighted by Gasteiger charge is -2.31. The summed E-state index contributed by atoms with van der Waals surface area (Å²) in [5, 5.41) is 7.38. The first kappa shape index (κ1) is 40.9. The van der Waals surface area contributed by atoms with Gasteiger partial charge in [-0.25, -0.2) is 0 Å². The fourth-order valence-electron chi connectivity index (χ4n) is 8.61. The molecule has 0 radical (unpaired) electrons. The number of hydrogen-bond acceptors (Lipinski definition) is 2. The van der Waals surface area contributed by atoms with Gasteiger partial charge in [0, 0.05) is 33.5 Å². The summed E-state index contributed by atoms with van der Waals surface area (Å²) in [5.41, 5.74) is 12.3. The SMILES string of the molecule is CC(C)(C)c1ccc(N(c2ccc(C(C)(C)C)cc2)c2cc3cc(N(c4ccc(C(C)(C)C)cc4)c4ccc(C(C)(C)C)cc4)c4ccccc4c3c3ccccc23)cc1. The van der Waals surface area contributed by atoms with Gasteiger partial charge in [0.25, 0.3) is 0 Å². The lowest BCUT2D eigenvalue weighted by atomic mass is 9.86. The van der Waals surface area contributed by atoms with Gasteiger partial charge in [0.15, 0.2) is 0 Å². The molecule has 0 aliphatic rings. The first-order chi connectivity index (χ1) is 28.3. The number of rotatable bonds is 6. The summed E-state index contributed by atoms with van der Waals surface area (Å²) in [6.45, 7) is 27.4. The molecule has 0 saturated carbocycles. The van der Waals surface area contributed by atoms with Gasteiger partial charge < -0.3 is 9.80 Å². The van der Waals surface area contributed by atoms with Gasteiger partial charge >= 0.3 is 0 Å². The molecule has 0 N–H and O–H groups in total. The maximum atomic E-state index is 2.46. The highest BCUT2D eigenvalue weighted by molar-refractivity contribution is 6.26. The molecular formula is C58H62N2. The molecule has 0 spiro atoms. The highest BCUT2D eigenvalue weighted by Crippen LogP contribution is 2.48. The molecule has 0 unspecified atom stereocenters. The Morgan fingerprint density at radius 3 is 0.750 bits per heavy atom. The van der Waals surface area contributed by atoms with Gasteiger partial charge in [0.1, 0.15) is 0 Å². The highest BCUT2D eigenvalue weighted by Gasteiger charge is 2.25. The fraction of sp³-hybridized carbons (Fsp3) is 0.276. The summed E-state index contributed by atoms with van der Waals surface area (Å²) >= 11 is 0. The Bertz CT molecular complexity index is 2490. The van der Waals surface area contributed by atoms with E-state index in [9.17, 15) is 0 Å². The first-order valence-electron chi connectivity index (χ1n) is 21.7. The van der Waals surface area contributed by atoms with Crippen LogP contribution in [-0.4, -0.2) is 0 Å². The zero-order valence-electron chi connectivity index (χ0n) is 37.9. The molecular weight excluding hydrogens is 725 g/mol. The Morgan fingerprint density at radius 1 is 0.283 bits per heavy atom. The third-order valence-corrected chi connectivity index (χ3v) is 12.3. The summed E-state index contributed by atoms with van der Waals surface area (Å²) in [6.07, 6.45) is 0. The standard InChI is InChI=1S/C58H62N2/c1-55(2,3)40-21-29-44(30-22-40)59(45-31-23-41(24-32-45)56(4,5)6)52-37-39-38-53(49-18-14-16-20-51(49)54(39)50-19-15-13-17-48(50)52)60(46-33-25-42(26-34-46)57(7,8)9)47-35-27-43(28-36-47)58(10,11)12/h13-38H,1-12H3. The Kier molecular flexibility index (Phi) is 10.2. The molecule has 8 rings (SSSR count). The van der Waals surface area contributed by atoms with E-state index in [2.05, 4.69) is 251 Å². The maximum absolute atomic E-state index is 2.46. The third-order valence-electron chi connectivity index (χ3n) is 12.3. The minimum Gasteiger partial charge on any atom is -0.310 e. The van der Waals surface area contributed by atoms with E-state index in [-0.39, 0.29) is 21.7 Å². The van der Waals surface area contributed by atoms with Gasteiger partial charge in [-0.15, -0.1) is 0 Å². The number of benzene rings is 8. The Hall–Kier alpha value is -5.86. The zero-order chi connectivity index (χ0) is 42.8. The van der Waals surface area contributed by atoms with Crippen molar-refractivity contribution in [3.05, 3.63) is 180 Å². The van der Waals surface area contributed by atoms with E-state index < -0.39 is 0 Å². The molecule has 0 aliphatic heterocycles. The van der Waals surface area contributed by atoms with E-state index >= 15 is 0 Å². The van der Waals surface area contributed by atoms with Crippen molar-refractivity contribution in [2.75, 3.05) is 9.80 Å². The van der Waals surface area contributed by atoms with Crippen molar-refractivity contribution >= 4 is 66.4 Å². The van der Waals surface area contributed by atoms with Crippen LogP contribution in [0.5, 0.6) is 0 Å². The van der Waals surface area contributed by atoms with Crippen LogP contribution in [0.2, 0.25) is 0 Å². The quantitative estimate of drug-likeness (QED) is 0.155. The largest absolute Gasteiger partial charge is 0.310 e. The third kappa shape index (κ3) is 7.81. The van der Waals surface area contributed by atoms with E-state index in [1.807, 2.05) is 0 Å². The predicted molar refractivity (Wildman–Crippen MR) is 263 cm³/mol. The lowest BCUT2D eigenvalue weighted by molar-refractivity contribution is 0.590. The van der Waals surface area contributed by atoms with Crippen LogP contribution in [0.1, 0.15) is 105 Å². The van der Waals surface area contributed by atoms with Crippen molar-refractivity contribution < 1.29 is 0 Å². The Labute approximate surface area is 359 Å². The molecule has 0 bridgehead atoms. The van der Waals surface area contributed by atoms with Gasteiger partial charge in [-0.3, -0.25) is 0 Å². The second-order valence-electron chi connectivity index (χ2n) is 20.8.